The minimum atomic E-state index is -1.50. The first-order valence-electron chi connectivity index (χ1n) is 9.97. The maximum atomic E-state index is 15.2. The van der Waals surface area contributed by atoms with Gasteiger partial charge in [0.25, 0.3) is 0 Å². The molecule has 0 bridgehead atoms. The molecule has 27 heavy (non-hydrogen) atoms. The minimum absolute atomic E-state index is 0.0440. The van der Waals surface area contributed by atoms with Gasteiger partial charge in [0, 0.05) is 16.7 Å². The Kier molecular flexibility index (Phi) is 3.94. The number of alkyl halides is 1. The van der Waals surface area contributed by atoms with E-state index in [1.165, 1.54) is 19.1 Å². The van der Waals surface area contributed by atoms with Crippen LogP contribution in [0.2, 0.25) is 0 Å². The summed E-state index contributed by atoms with van der Waals surface area (Å²) in [4.78, 5) is 24.3. The van der Waals surface area contributed by atoms with Crippen molar-refractivity contribution >= 4 is 11.6 Å². The summed E-state index contributed by atoms with van der Waals surface area (Å²) in [5, 5.41) is 22.6. The van der Waals surface area contributed by atoms with Gasteiger partial charge in [-0.25, -0.2) is 4.39 Å². The van der Waals surface area contributed by atoms with E-state index >= 15 is 4.39 Å². The Balaban J connectivity index is 1.82. The average molecular weight is 376 g/mol. The topological polar surface area (TPSA) is 74.6 Å². The van der Waals surface area contributed by atoms with Crippen LogP contribution in [-0.2, 0) is 9.59 Å². The van der Waals surface area contributed by atoms with Crippen LogP contribution in [0, 0.1) is 34.5 Å². The van der Waals surface area contributed by atoms with Crippen molar-refractivity contribution in [3.8, 4) is 0 Å². The molecule has 0 aromatic carbocycles. The van der Waals surface area contributed by atoms with Crippen LogP contribution in [0.15, 0.2) is 23.8 Å². The largest absolute Gasteiger partial charge is 0.393 e. The van der Waals surface area contributed by atoms with E-state index in [-0.39, 0.29) is 41.7 Å². The summed E-state index contributed by atoms with van der Waals surface area (Å²) >= 11 is 0. The van der Waals surface area contributed by atoms with Crippen molar-refractivity contribution in [3.63, 3.8) is 0 Å². The van der Waals surface area contributed by atoms with Crippen LogP contribution < -0.4 is 0 Å². The number of carbonyl (C=O) groups excluding carboxylic acids is 2. The Morgan fingerprint density at radius 2 is 1.96 bits per heavy atom. The van der Waals surface area contributed by atoms with Crippen LogP contribution in [0.25, 0.3) is 0 Å². The number of Topliss-reactive ketones (excluding diaryl/α,β-unsaturated/α-hetero) is 1. The summed E-state index contributed by atoms with van der Waals surface area (Å²) < 4.78 is 15.2. The molecular formula is C22H29FO4. The molecule has 3 saturated carbocycles. The Bertz CT molecular complexity index is 772. The third-order valence-corrected chi connectivity index (χ3v) is 8.59. The highest BCUT2D eigenvalue weighted by atomic mass is 19.1. The van der Waals surface area contributed by atoms with E-state index in [1.54, 1.807) is 6.08 Å². The first-order chi connectivity index (χ1) is 12.5. The summed E-state index contributed by atoms with van der Waals surface area (Å²) in [5.74, 6) is -1.13. The predicted octanol–water partition coefficient (Wildman–Crippen LogP) is 2.78. The molecular weight excluding hydrogens is 347 g/mol. The lowest BCUT2D eigenvalue weighted by Gasteiger charge is -2.60. The normalized spacial score (nSPS) is 54.0. The zero-order chi connectivity index (χ0) is 19.9. The van der Waals surface area contributed by atoms with E-state index in [0.717, 1.165) is 0 Å². The number of hydrogen-bond donors (Lipinski definition) is 2. The van der Waals surface area contributed by atoms with Crippen molar-refractivity contribution in [1.29, 1.82) is 0 Å². The average Bonchev–Trinajstić information content (AvgIpc) is 2.78. The van der Waals surface area contributed by atoms with Gasteiger partial charge >= 0.3 is 0 Å². The highest BCUT2D eigenvalue weighted by molar-refractivity contribution is 6.01. The fraction of sp³-hybridized carbons (Fsp3) is 0.727. The highest BCUT2D eigenvalue weighted by Crippen LogP contribution is 2.68. The van der Waals surface area contributed by atoms with Crippen LogP contribution in [0.1, 0.15) is 47.0 Å². The Morgan fingerprint density at radius 3 is 2.59 bits per heavy atom. The lowest BCUT2D eigenvalue weighted by Crippen LogP contribution is -2.62. The lowest BCUT2D eigenvalue weighted by atomic mass is 9.46. The van der Waals surface area contributed by atoms with Gasteiger partial charge in [-0.15, -0.1) is 0 Å². The second kappa shape index (κ2) is 5.60. The summed E-state index contributed by atoms with van der Waals surface area (Å²) in [6.07, 6.45) is 3.78. The van der Waals surface area contributed by atoms with Gasteiger partial charge in [0.1, 0.15) is 11.8 Å². The summed E-state index contributed by atoms with van der Waals surface area (Å²) in [6.45, 7) is 7.10. The van der Waals surface area contributed by atoms with E-state index in [2.05, 4.69) is 0 Å². The maximum absolute atomic E-state index is 15.2. The van der Waals surface area contributed by atoms with Gasteiger partial charge in [-0.1, -0.05) is 26.8 Å². The van der Waals surface area contributed by atoms with Crippen molar-refractivity contribution in [3.05, 3.63) is 23.8 Å². The molecule has 2 N–H and O–H groups in total. The Labute approximate surface area is 159 Å². The molecule has 0 aliphatic heterocycles. The number of hydrogen-bond acceptors (Lipinski definition) is 4. The van der Waals surface area contributed by atoms with Crippen molar-refractivity contribution in [2.24, 2.45) is 34.5 Å². The zero-order valence-electron chi connectivity index (χ0n) is 16.4. The molecule has 9 atom stereocenters. The van der Waals surface area contributed by atoms with Crippen LogP contribution in [-0.4, -0.2) is 39.7 Å². The van der Waals surface area contributed by atoms with Crippen LogP contribution in [0.4, 0.5) is 4.39 Å². The molecule has 0 radical (unpaired) electrons. The number of aliphatic hydroxyl groups excluding tert-OH is 1. The lowest BCUT2D eigenvalue weighted by molar-refractivity contribution is -0.182. The van der Waals surface area contributed by atoms with E-state index in [4.69, 9.17) is 0 Å². The van der Waals surface area contributed by atoms with Crippen molar-refractivity contribution in [2.75, 3.05) is 0 Å². The van der Waals surface area contributed by atoms with Gasteiger partial charge < -0.3 is 10.2 Å². The summed E-state index contributed by atoms with van der Waals surface area (Å²) in [7, 11) is 0. The molecule has 0 aromatic rings. The summed E-state index contributed by atoms with van der Waals surface area (Å²) in [6, 6.07) is 0. The third kappa shape index (κ3) is 2.16. The fourth-order valence-corrected chi connectivity index (χ4v) is 7.42. The Morgan fingerprint density at radius 1 is 1.30 bits per heavy atom. The van der Waals surface area contributed by atoms with E-state index in [9.17, 15) is 19.8 Å². The van der Waals surface area contributed by atoms with E-state index in [0.29, 0.717) is 18.4 Å². The molecule has 4 aliphatic carbocycles. The second-order valence-electron chi connectivity index (χ2n) is 9.77. The van der Waals surface area contributed by atoms with E-state index < -0.39 is 28.7 Å². The SMILES string of the molecule is CC(=O)[C@@]1(O)[C@H](C)CC2C3C[C@H](F)C4=CC(=O)C=C[C@]4(C)C3[C@@H](O)C[C@@]21C. The fourth-order valence-electron chi connectivity index (χ4n) is 7.42. The standard InChI is InChI=1S/C22H29FO4/c1-11-7-15-14-9-17(23)16-8-13(25)5-6-20(16,3)19(14)18(26)10-21(15,4)22(11,27)12(2)24/h5-6,8,11,14-15,17-19,26-27H,7,9-10H2,1-4H3/t11-,14?,15?,17+,18+,19?,20+,21+,22+/m1/s1. The first kappa shape index (κ1) is 19.0. The number of allylic oxidation sites excluding steroid dienone is 4. The monoisotopic (exact) mass is 376 g/mol. The van der Waals surface area contributed by atoms with Crippen molar-refractivity contribution in [2.45, 2.75) is 64.8 Å². The van der Waals surface area contributed by atoms with Gasteiger partial charge in [-0.05, 0) is 61.7 Å². The number of halogens is 1. The molecule has 0 spiro atoms. The maximum Gasteiger partial charge on any atom is 0.178 e. The Hall–Kier alpha value is -1.33. The predicted molar refractivity (Wildman–Crippen MR) is 98.5 cm³/mol. The van der Waals surface area contributed by atoms with Gasteiger partial charge in [-0.3, -0.25) is 9.59 Å². The molecule has 0 amide bonds. The van der Waals surface area contributed by atoms with Crippen LogP contribution in [0.5, 0.6) is 0 Å². The molecule has 4 nitrogen and oxygen atoms in total. The van der Waals surface area contributed by atoms with Crippen LogP contribution >= 0.6 is 0 Å². The third-order valence-electron chi connectivity index (χ3n) is 8.59. The molecule has 148 valence electrons. The second-order valence-corrected chi connectivity index (χ2v) is 9.77. The molecule has 0 heterocycles. The van der Waals surface area contributed by atoms with Crippen LogP contribution in [0.3, 0.4) is 0 Å². The number of fused-ring (bicyclic) bond motifs is 5. The number of rotatable bonds is 1. The number of ketones is 2. The highest BCUT2D eigenvalue weighted by Gasteiger charge is 2.70. The zero-order valence-corrected chi connectivity index (χ0v) is 16.4. The molecule has 4 aliphatic rings. The van der Waals surface area contributed by atoms with Crippen molar-refractivity contribution < 1.29 is 24.2 Å². The van der Waals surface area contributed by atoms with Gasteiger partial charge in [-0.2, -0.15) is 0 Å². The van der Waals surface area contributed by atoms with Gasteiger partial charge in [0.15, 0.2) is 11.6 Å². The minimum Gasteiger partial charge on any atom is -0.393 e. The quantitative estimate of drug-likeness (QED) is 0.738. The number of aliphatic hydroxyl groups is 2. The van der Waals surface area contributed by atoms with Gasteiger partial charge in [0.2, 0.25) is 0 Å². The molecule has 3 fully saturated rings. The summed E-state index contributed by atoms with van der Waals surface area (Å²) in [5.41, 5.74) is -2.52. The first-order valence-corrected chi connectivity index (χ1v) is 9.97. The van der Waals surface area contributed by atoms with Gasteiger partial charge in [0.05, 0.1) is 6.10 Å². The molecule has 0 aromatic heterocycles. The molecule has 3 unspecified atom stereocenters. The smallest absolute Gasteiger partial charge is 0.178 e. The van der Waals surface area contributed by atoms with Crippen molar-refractivity contribution in [1.82, 2.24) is 0 Å². The van der Waals surface area contributed by atoms with E-state index in [1.807, 2.05) is 20.8 Å². The molecule has 4 rings (SSSR count). The molecule has 5 heteroatoms. The number of carbonyl (C=O) groups is 2. The molecule has 0 saturated heterocycles.